The zero-order valence-electron chi connectivity index (χ0n) is 14.9. The molecule has 0 aromatic heterocycles. The van der Waals surface area contributed by atoms with E-state index in [0.29, 0.717) is 18.1 Å². The van der Waals surface area contributed by atoms with Crippen molar-refractivity contribution >= 4 is 11.8 Å². The molecule has 1 saturated carbocycles. The molecule has 2 aliphatic rings. The third kappa shape index (κ3) is 4.33. The number of phenolic OH excluding ortho intramolecular Hbond substituents is 1. The van der Waals surface area contributed by atoms with Crippen LogP contribution < -0.4 is 10.6 Å². The fourth-order valence-corrected chi connectivity index (χ4v) is 4.10. The second kappa shape index (κ2) is 7.89. The minimum Gasteiger partial charge on any atom is -0.508 e. The van der Waals surface area contributed by atoms with Crippen LogP contribution in [0, 0.1) is 5.92 Å². The van der Waals surface area contributed by atoms with E-state index in [1.165, 1.54) is 19.3 Å². The lowest BCUT2D eigenvalue weighted by atomic mass is 9.87. The molecule has 0 bridgehead atoms. The molecule has 2 aliphatic carbocycles. The number of amides is 2. The number of phenols is 1. The van der Waals surface area contributed by atoms with Crippen molar-refractivity contribution < 1.29 is 14.7 Å². The first kappa shape index (κ1) is 17.8. The van der Waals surface area contributed by atoms with Crippen LogP contribution in [0.3, 0.4) is 0 Å². The third-order valence-electron chi connectivity index (χ3n) is 5.53. The highest BCUT2D eigenvalue weighted by molar-refractivity contribution is 5.87. The molecule has 1 fully saturated rings. The van der Waals surface area contributed by atoms with E-state index < -0.39 is 6.04 Å². The van der Waals surface area contributed by atoms with Crippen LogP contribution in [-0.2, 0) is 16.0 Å². The smallest absolute Gasteiger partial charge is 0.242 e. The summed E-state index contributed by atoms with van der Waals surface area (Å²) in [5.41, 5.74) is 1.90. The quantitative estimate of drug-likeness (QED) is 0.768. The first-order valence-corrected chi connectivity index (χ1v) is 9.45. The Morgan fingerprint density at radius 1 is 1.20 bits per heavy atom. The number of aromatic hydroxyl groups is 1. The molecule has 1 aromatic carbocycles. The van der Waals surface area contributed by atoms with Crippen molar-refractivity contribution in [2.45, 2.75) is 70.4 Å². The van der Waals surface area contributed by atoms with E-state index >= 15 is 0 Å². The zero-order valence-corrected chi connectivity index (χ0v) is 14.9. The number of benzene rings is 1. The van der Waals surface area contributed by atoms with Crippen LogP contribution in [0.15, 0.2) is 18.2 Å². The van der Waals surface area contributed by atoms with Crippen LogP contribution in [0.4, 0.5) is 0 Å². The Bertz CT molecular complexity index is 638. The molecule has 25 heavy (non-hydrogen) atoms. The minimum absolute atomic E-state index is 0.0287. The second-order valence-electron chi connectivity index (χ2n) is 7.44. The SMILES string of the molecule is C[C@H](NC(=O)CC1CCCCC1)C(=O)N[C@H]1CCc2c(O)cccc21. The van der Waals surface area contributed by atoms with Gasteiger partial charge >= 0.3 is 0 Å². The molecule has 5 nitrogen and oxygen atoms in total. The van der Waals surface area contributed by atoms with Gasteiger partial charge in [-0.05, 0) is 55.7 Å². The van der Waals surface area contributed by atoms with Crippen molar-refractivity contribution in [3.05, 3.63) is 29.3 Å². The molecule has 2 atom stereocenters. The molecule has 0 heterocycles. The fraction of sp³-hybridized carbons (Fsp3) is 0.600. The van der Waals surface area contributed by atoms with Gasteiger partial charge in [-0.3, -0.25) is 9.59 Å². The highest BCUT2D eigenvalue weighted by Crippen LogP contribution is 2.36. The molecule has 2 amide bonds. The number of rotatable bonds is 5. The topological polar surface area (TPSA) is 78.4 Å². The normalized spacial score (nSPS) is 21.4. The molecule has 0 spiro atoms. The largest absolute Gasteiger partial charge is 0.508 e. The Labute approximate surface area is 149 Å². The first-order valence-electron chi connectivity index (χ1n) is 9.45. The average molecular weight is 344 g/mol. The van der Waals surface area contributed by atoms with E-state index in [9.17, 15) is 14.7 Å². The van der Waals surface area contributed by atoms with Crippen LogP contribution in [0.1, 0.15) is 69.0 Å². The lowest BCUT2D eigenvalue weighted by Gasteiger charge is -2.23. The Hall–Kier alpha value is -2.04. The average Bonchev–Trinajstić information content (AvgIpc) is 3.00. The van der Waals surface area contributed by atoms with Gasteiger partial charge in [0.05, 0.1) is 6.04 Å². The predicted octanol–water partition coefficient (Wildman–Crippen LogP) is 2.97. The Balaban J connectivity index is 1.50. The molecule has 0 unspecified atom stereocenters. The van der Waals surface area contributed by atoms with Crippen molar-refractivity contribution in [1.29, 1.82) is 0 Å². The summed E-state index contributed by atoms with van der Waals surface area (Å²) in [6.07, 6.45) is 8.00. The summed E-state index contributed by atoms with van der Waals surface area (Å²) in [7, 11) is 0. The standard InChI is InChI=1S/C20H28N2O3/c1-13(21-19(24)12-14-6-3-2-4-7-14)20(25)22-17-11-10-16-15(17)8-5-9-18(16)23/h5,8-9,13-14,17,23H,2-4,6-7,10-12H2,1H3,(H,21,24)(H,22,25)/t13-,17-/m0/s1. The number of nitrogens with one attached hydrogen (secondary N) is 2. The summed E-state index contributed by atoms with van der Waals surface area (Å²) in [5.74, 6) is 0.564. The van der Waals surface area contributed by atoms with Gasteiger partial charge in [0.25, 0.3) is 0 Å². The Morgan fingerprint density at radius 2 is 1.96 bits per heavy atom. The molecular weight excluding hydrogens is 316 g/mol. The van der Waals surface area contributed by atoms with Crippen LogP contribution in [-0.4, -0.2) is 23.0 Å². The van der Waals surface area contributed by atoms with Crippen molar-refractivity contribution in [3.63, 3.8) is 0 Å². The molecule has 136 valence electrons. The maximum Gasteiger partial charge on any atom is 0.242 e. The van der Waals surface area contributed by atoms with E-state index in [1.54, 1.807) is 19.1 Å². The third-order valence-corrected chi connectivity index (χ3v) is 5.53. The number of hydrogen-bond donors (Lipinski definition) is 3. The molecule has 0 radical (unpaired) electrons. The van der Waals surface area contributed by atoms with E-state index in [1.807, 2.05) is 6.07 Å². The van der Waals surface area contributed by atoms with Gasteiger partial charge in [-0.15, -0.1) is 0 Å². The maximum absolute atomic E-state index is 12.4. The van der Waals surface area contributed by atoms with E-state index in [0.717, 1.165) is 36.8 Å². The van der Waals surface area contributed by atoms with Crippen molar-refractivity contribution in [2.24, 2.45) is 5.92 Å². The van der Waals surface area contributed by atoms with Crippen molar-refractivity contribution in [1.82, 2.24) is 10.6 Å². The van der Waals surface area contributed by atoms with Gasteiger partial charge in [0, 0.05) is 6.42 Å². The van der Waals surface area contributed by atoms with Gasteiger partial charge in [-0.1, -0.05) is 31.4 Å². The maximum atomic E-state index is 12.4. The van der Waals surface area contributed by atoms with E-state index in [2.05, 4.69) is 10.6 Å². The summed E-state index contributed by atoms with van der Waals surface area (Å²) < 4.78 is 0. The second-order valence-corrected chi connectivity index (χ2v) is 7.44. The van der Waals surface area contributed by atoms with Gasteiger partial charge in [-0.25, -0.2) is 0 Å². The van der Waals surface area contributed by atoms with Gasteiger partial charge < -0.3 is 15.7 Å². The summed E-state index contributed by atoms with van der Waals surface area (Å²) in [6.45, 7) is 1.73. The molecule has 1 aromatic rings. The fourth-order valence-electron chi connectivity index (χ4n) is 4.10. The van der Waals surface area contributed by atoms with Crippen molar-refractivity contribution in [2.75, 3.05) is 0 Å². The predicted molar refractivity (Wildman–Crippen MR) is 96.1 cm³/mol. The van der Waals surface area contributed by atoms with Crippen LogP contribution in [0.5, 0.6) is 5.75 Å². The lowest BCUT2D eigenvalue weighted by molar-refractivity contribution is -0.129. The molecule has 3 N–H and O–H groups in total. The van der Waals surface area contributed by atoms with Gasteiger partial charge in [0.2, 0.25) is 11.8 Å². The van der Waals surface area contributed by atoms with E-state index in [-0.39, 0.29) is 17.9 Å². The highest BCUT2D eigenvalue weighted by atomic mass is 16.3. The van der Waals surface area contributed by atoms with E-state index in [4.69, 9.17) is 0 Å². The summed E-state index contributed by atoms with van der Waals surface area (Å²) >= 11 is 0. The lowest BCUT2D eigenvalue weighted by Crippen LogP contribution is -2.46. The number of hydrogen-bond acceptors (Lipinski definition) is 3. The Kier molecular flexibility index (Phi) is 5.61. The number of carbonyl (C=O) groups excluding carboxylic acids is 2. The highest BCUT2D eigenvalue weighted by Gasteiger charge is 2.28. The van der Waals surface area contributed by atoms with Crippen LogP contribution in [0.25, 0.3) is 0 Å². The molecule has 0 aliphatic heterocycles. The molecular formula is C20H28N2O3. The van der Waals surface area contributed by atoms with Gasteiger partial charge in [0.1, 0.15) is 11.8 Å². The zero-order chi connectivity index (χ0) is 17.8. The van der Waals surface area contributed by atoms with Crippen molar-refractivity contribution in [3.8, 4) is 5.75 Å². The summed E-state index contributed by atoms with van der Waals surface area (Å²) in [6, 6.07) is 4.79. The minimum atomic E-state index is -0.544. The summed E-state index contributed by atoms with van der Waals surface area (Å²) in [4.78, 5) is 24.6. The summed E-state index contributed by atoms with van der Waals surface area (Å²) in [5, 5.41) is 15.7. The monoisotopic (exact) mass is 344 g/mol. The van der Waals surface area contributed by atoms with Gasteiger partial charge in [-0.2, -0.15) is 0 Å². The Morgan fingerprint density at radius 3 is 2.72 bits per heavy atom. The number of carbonyl (C=O) groups is 2. The first-order chi connectivity index (χ1) is 12.0. The molecule has 0 saturated heterocycles. The van der Waals surface area contributed by atoms with Crippen LogP contribution >= 0.6 is 0 Å². The van der Waals surface area contributed by atoms with Crippen LogP contribution in [0.2, 0.25) is 0 Å². The molecule has 5 heteroatoms. The van der Waals surface area contributed by atoms with Gasteiger partial charge in [0.15, 0.2) is 0 Å². The number of fused-ring (bicyclic) bond motifs is 1. The molecule has 3 rings (SSSR count).